The number of aryl methyl sites for hydroxylation is 2. The fourth-order valence-electron chi connectivity index (χ4n) is 4.74. The van der Waals surface area contributed by atoms with Crippen molar-refractivity contribution in [2.45, 2.75) is 37.1 Å². The Labute approximate surface area is 176 Å². The van der Waals surface area contributed by atoms with E-state index in [1.54, 1.807) is 16.4 Å². The quantitative estimate of drug-likeness (QED) is 0.665. The third-order valence-electron chi connectivity index (χ3n) is 6.37. The van der Waals surface area contributed by atoms with Gasteiger partial charge >= 0.3 is 0 Å². The van der Waals surface area contributed by atoms with Gasteiger partial charge in [-0.2, -0.15) is 4.31 Å². The smallest absolute Gasteiger partial charge is 0.243 e. The number of piperidine rings is 1. The summed E-state index contributed by atoms with van der Waals surface area (Å²) < 4.78 is 44.2. The minimum absolute atomic E-state index is 0.290. The summed E-state index contributed by atoms with van der Waals surface area (Å²) in [6.07, 6.45) is 3.20. The molecule has 2 aliphatic rings. The standard InChI is InChI=1S/C23H24FN3O2S/c1-16-5-6-17(2)21(14-16)30(28,29)26-12-9-23(10-13-26)22-4-3-11-27(22)20-8-7-18(24)15-19(20)25-23/h3-8,11,14-15,25H,9-10,12-13H2,1-2H3. The molecule has 5 rings (SSSR count). The van der Waals surface area contributed by atoms with Crippen LogP contribution in [-0.2, 0) is 15.6 Å². The van der Waals surface area contributed by atoms with Crippen LogP contribution >= 0.6 is 0 Å². The highest BCUT2D eigenvalue weighted by atomic mass is 32.2. The van der Waals surface area contributed by atoms with E-state index < -0.39 is 15.6 Å². The van der Waals surface area contributed by atoms with Gasteiger partial charge in [0.25, 0.3) is 0 Å². The first kappa shape index (κ1) is 19.3. The lowest BCUT2D eigenvalue weighted by Crippen LogP contribution is -2.51. The Balaban J connectivity index is 1.47. The van der Waals surface area contributed by atoms with E-state index in [0.29, 0.717) is 30.8 Å². The average Bonchev–Trinajstić information content (AvgIpc) is 3.21. The van der Waals surface area contributed by atoms with E-state index in [9.17, 15) is 12.8 Å². The van der Waals surface area contributed by atoms with Crippen LogP contribution in [0.5, 0.6) is 0 Å². The SMILES string of the molecule is Cc1ccc(C)c(S(=O)(=O)N2CCC3(CC2)Nc2cc(F)ccc2-n2cccc23)c1. The molecule has 0 radical (unpaired) electrons. The second kappa shape index (κ2) is 6.68. The lowest BCUT2D eigenvalue weighted by Gasteiger charge is -2.46. The molecule has 0 saturated carbocycles. The zero-order chi connectivity index (χ0) is 21.1. The zero-order valence-electron chi connectivity index (χ0n) is 17.0. The fraction of sp³-hybridized carbons (Fsp3) is 0.304. The van der Waals surface area contributed by atoms with E-state index >= 15 is 0 Å². The summed E-state index contributed by atoms with van der Waals surface area (Å²) in [5, 5.41) is 3.55. The van der Waals surface area contributed by atoms with E-state index in [1.165, 1.54) is 12.1 Å². The summed E-state index contributed by atoms with van der Waals surface area (Å²) in [5.74, 6) is -0.290. The van der Waals surface area contributed by atoms with Gasteiger partial charge < -0.3 is 9.88 Å². The number of sulfonamides is 1. The van der Waals surface area contributed by atoms with Crippen molar-refractivity contribution in [1.29, 1.82) is 0 Å². The largest absolute Gasteiger partial charge is 0.372 e. The number of nitrogens with zero attached hydrogens (tertiary/aromatic N) is 2. The van der Waals surface area contributed by atoms with Crippen LogP contribution in [0.2, 0.25) is 0 Å². The molecule has 2 aliphatic heterocycles. The number of hydrogen-bond acceptors (Lipinski definition) is 3. The molecular formula is C23H24FN3O2S. The van der Waals surface area contributed by atoms with Crippen molar-refractivity contribution in [2.24, 2.45) is 0 Å². The molecule has 0 atom stereocenters. The number of halogens is 1. The Morgan fingerprint density at radius 2 is 1.80 bits per heavy atom. The Bertz CT molecular complexity index is 1240. The van der Waals surface area contributed by atoms with E-state index in [1.807, 2.05) is 38.2 Å². The summed E-state index contributed by atoms with van der Waals surface area (Å²) in [7, 11) is -3.56. The molecule has 1 saturated heterocycles. The highest BCUT2D eigenvalue weighted by Gasteiger charge is 2.44. The minimum Gasteiger partial charge on any atom is -0.372 e. The number of hydrogen-bond donors (Lipinski definition) is 1. The molecule has 0 aliphatic carbocycles. The predicted molar refractivity (Wildman–Crippen MR) is 115 cm³/mol. The number of rotatable bonds is 2. The van der Waals surface area contributed by atoms with Crippen LogP contribution in [0.25, 0.3) is 5.69 Å². The molecule has 156 valence electrons. The molecule has 3 heterocycles. The van der Waals surface area contributed by atoms with Crippen molar-refractivity contribution in [3.8, 4) is 5.69 Å². The number of anilines is 1. The lowest BCUT2D eigenvalue weighted by atomic mass is 9.83. The van der Waals surface area contributed by atoms with Crippen LogP contribution in [0.3, 0.4) is 0 Å². The minimum atomic E-state index is -3.56. The van der Waals surface area contributed by atoms with E-state index in [2.05, 4.69) is 16.0 Å². The second-order valence-corrected chi connectivity index (χ2v) is 10.2. The number of aromatic nitrogens is 1. The van der Waals surface area contributed by atoms with Crippen LogP contribution in [0.4, 0.5) is 10.1 Å². The molecule has 2 aromatic carbocycles. The summed E-state index contributed by atoms with van der Waals surface area (Å²) in [6.45, 7) is 4.54. The summed E-state index contributed by atoms with van der Waals surface area (Å²) in [4.78, 5) is 0.380. The monoisotopic (exact) mass is 425 g/mol. The maximum absolute atomic E-state index is 13.9. The molecule has 1 spiro atoms. The fourth-order valence-corrected chi connectivity index (χ4v) is 6.49. The molecule has 0 unspecified atom stereocenters. The topological polar surface area (TPSA) is 54.3 Å². The van der Waals surface area contributed by atoms with Gasteiger partial charge in [-0.25, -0.2) is 12.8 Å². The van der Waals surface area contributed by atoms with Crippen LogP contribution in [0, 0.1) is 19.7 Å². The molecule has 5 nitrogen and oxygen atoms in total. The second-order valence-electron chi connectivity index (χ2n) is 8.31. The lowest BCUT2D eigenvalue weighted by molar-refractivity contribution is 0.247. The molecule has 30 heavy (non-hydrogen) atoms. The summed E-state index contributed by atoms with van der Waals surface area (Å²) in [5.41, 5.74) is 4.01. The Kier molecular flexibility index (Phi) is 4.31. The van der Waals surface area contributed by atoms with Gasteiger partial charge in [0.15, 0.2) is 0 Å². The van der Waals surface area contributed by atoms with Gasteiger partial charge in [0.2, 0.25) is 10.0 Å². The van der Waals surface area contributed by atoms with Crippen LogP contribution < -0.4 is 5.32 Å². The highest BCUT2D eigenvalue weighted by Crippen LogP contribution is 2.44. The van der Waals surface area contributed by atoms with Gasteiger partial charge in [0, 0.05) is 25.0 Å². The van der Waals surface area contributed by atoms with Crippen molar-refractivity contribution >= 4 is 15.7 Å². The average molecular weight is 426 g/mol. The molecule has 3 aromatic rings. The van der Waals surface area contributed by atoms with Gasteiger partial charge in [-0.15, -0.1) is 0 Å². The predicted octanol–water partition coefficient (Wildman–Crippen LogP) is 4.34. The van der Waals surface area contributed by atoms with Crippen molar-refractivity contribution in [3.63, 3.8) is 0 Å². The molecule has 1 aromatic heterocycles. The maximum atomic E-state index is 13.9. The van der Waals surface area contributed by atoms with Gasteiger partial charge in [-0.1, -0.05) is 12.1 Å². The highest BCUT2D eigenvalue weighted by molar-refractivity contribution is 7.89. The van der Waals surface area contributed by atoms with Gasteiger partial charge in [0.1, 0.15) is 5.82 Å². The van der Waals surface area contributed by atoms with Crippen LogP contribution in [0.1, 0.15) is 29.7 Å². The first-order valence-corrected chi connectivity index (χ1v) is 11.6. The third kappa shape index (κ3) is 2.87. The Morgan fingerprint density at radius 3 is 2.57 bits per heavy atom. The van der Waals surface area contributed by atoms with Crippen molar-refractivity contribution < 1.29 is 12.8 Å². The molecule has 1 N–H and O–H groups in total. The molecule has 1 fully saturated rings. The summed E-state index contributed by atoms with van der Waals surface area (Å²) >= 11 is 0. The first-order valence-electron chi connectivity index (χ1n) is 10.1. The van der Waals surface area contributed by atoms with Crippen LogP contribution in [0.15, 0.2) is 59.6 Å². The van der Waals surface area contributed by atoms with Crippen molar-refractivity contribution in [3.05, 3.63) is 77.4 Å². The molecular weight excluding hydrogens is 401 g/mol. The van der Waals surface area contributed by atoms with Crippen molar-refractivity contribution in [1.82, 2.24) is 8.87 Å². The number of benzene rings is 2. The van der Waals surface area contributed by atoms with Crippen LogP contribution in [-0.4, -0.2) is 30.4 Å². The summed E-state index contributed by atoms with van der Waals surface area (Å²) in [6, 6.07) is 14.3. The van der Waals surface area contributed by atoms with E-state index in [0.717, 1.165) is 28.2 Å². The van der Waals surface area contributed by atoms with Gasteiger partial charge in [-0.05, 0) is 74.2 Å². The maximum Gasteiger partial charge on any atom is 0.243 e. The Morgan fingerprint density at radius 1 is 1.03 bits per heavy atom. The van der Waals surface area contributed by atoms with Gasteiger partial charge in [-0.3, -0.25) is 0 Å². The van der Waals surface area contributed by atoms with Crippen molar-refractivity contribution in [2.75, 3.05) is 18.4 Å². The Hall–Kier alpha value is -2.64. The molecule has 0 bridgehead atoms. The molecule has 7 heteroatoms. The first-order chi connectivity index (χ1) is 14.3. The third-order valence-corrected chi connectivity index (χ3v) is 8.41. The number of nitrogens with one attached hydrogen (secondary N) is 1. The van der Waals surface area contributed by atoms with E-state index in [4.69, 9.17) is 0 Å². The van der Waals surface area contributed by atoms with E-state index in [-0.39, 0.29) is 5.82 Å². The zero-order valence-corrected chi connectivity index (χ0v) is 17.8. The number of fused-ring (bicyclic) bond motifs is 4. The normalized spacial score (nSPS) is 18.0. The molecule has 0 amide bonds. The van der Waals surface area contributed by atoms with Gasteiger partial charge in [0.05, 0.1) is 21.8 Å².